The highest BCUT2D eigenvalue weighted by atomic mass is 19.4. The molecule has 1 aromatic heterocycles. The van der Waals surface area contributed by atoms with E-state index in [0.717, 1.165) is 30.0 Å². The molecule has 2 aliphatic rings. The molecule has 0 bridgehead atoms. The van der Waals surface area contributed by atoms with E-state index in [1.54, 1.807) is 25.1 Å². The first kappa shape index (κ1) is 24.2. The molecule has 1 unspecified atom stereocenters. The van der Waals surface area contributed by atoms with E-state index in [1.165, 1.54) is 0 Å². The van der Waals surface area contributed by atoms with Crippen LogP contribution in [0.5, 0.6) is 5.75 Å². The van der Waals surface area contributed by atoms with Gasteiger partial charge in [0.1, 0.15) is 17.1 Å². The van der Waals surface area contributed by atoms with Crippen LogP contribution in [0.15, 0.2) is 24.4 Å². The number of alkyl halides is 5. The zero-order valence-electron chi connectivity index (χ0n) is 18.5. The number of hydrogen-bond donors (Lipinski definition) is 2. The van der Waals surface area contributed by atoms with Crippen LogP contribution in [0.4, 0.5) is 45.1 Å². The number of halogens is 5. The molecule has 2 N–H and O–H groups in total. The Bertz CT molecular complexity index is 998. The van der Waals surface area contributed by atoms with Crippen LogP contribution in [0, 0.1) is 0 Å². The quantitative estimate of drug-likeness (QED) is 0.595. The summed E-state index contributed by atoms with van der Waals surface area (Å²) in [4.78, 5) is 10.7. The van der Waals surface area contributed by atoms with Crippen LogP contribution < -0.4 is 19.9 Å². The molecule has 3 atom stereocenters. The van der Waals surface area contributed by atoms with Crippen LogP contribution in [0.1, 0.15) is 25.3 Å². The van der Waals surface area contributed by atoms with Crippen LogP contribution in [-0.2, 0) is 6.18 Å². The Labute approximate surface area is 193 Å². The number of β-amino-alcohol motifs (C(OH)–C–C–N with tert-alkyl or cyclic N) is 1. The number of anilines is 4. The van der Waals surface area contributed by atoms with E-state index >= 15 is 0 Å². The maximum absolute atomic E-state index is 13.7. The molecular weight excluding hydrogens is 461 g/mol. The maximum Gasteiger partial charge on any atom is 0.421 e. The molecule has 2 aliphatic heterocycles. The van der Waals surface area contributed by atoms with Gasteiger partial charge in [0, 0.05) is 31.0 Å². The number of nitrogens with one attached hydrogen (secondary N) is 1. The van der Waals surface area contributed by atoms with Gasteiger partial charge in [-0.2, -0.15) is 18.2 Å². The minimum Gasteiger partial charge on any atom is -0.492 e. The minimum absolute atomic E-state index is 0.164. The first-order valence-corrected chi connectivity index (χ1v) is 11.1. The van der Waals surface area contributed by atoms with Gasteiger partial charge in [-0.15, -0.1) is 0 Å². The van der Waals surface area contributed by atoms with Crippen LogP contribution in [0.2, 0.25) is 0 Å². The van der Waals surface area contributed by atoms with Crippen molar-refractivity contribution in [3.05, 3.63) is 30.0 Å². The monoisotopic (exact) mass is 487 g/mol. The van der Waals surface area contributed by atoms with Gasteiger partial charge in [0.15, 0.2) is 12.3 Å². The fourth-order valence-corrected chi connectivity index (χ4v) is 4.17. The molecule has 3 heterocycles. The van der Waals surface area contributed by atoms with Gasteiger partial charge in [0.25, 0.3) is 0 Å². The molecule has 0 spiro atoms. The van der Waals surface area contributed by atoms with Gasteiger partial charge in [-0.1, -0.05) is 0 Å². The van der Waals surface area contributed by atoms with Gasteiger partial charge in [0.05, 0.1) is 31.5 Å². The van der Waals surface area contributed by atoms with Crippen molar-refractivity contribution in [2.75, 3.05) is 47.9 Å². The zero-order chi connectivity index (χ0) is 24.5. The van der Waals surface area contributed by atoms with Gasteiger partial charge >= 0.3 is 6.18 Å². The van der Waals surface area contributed by atoms with Crippen molar-refractivity contribution >= 4 is 23.1 Å². The predicted molar refractivity (Wildman–Crippen MR) is 117 cm³/mol. The molecule has 2 saturated heterocycles. The van der Waals surface area contributed by atoms with Crippen molar-refractivity contribution in [3.63, 3.8) is 0 Å². The molecule has 0 aliphatic carbocycles. The highest BCUT2D eigenvalue weighted by molar-refractivity contribution is 5.69. The smallest absolute Gasteiger partial charge is 0.421 e. The summed E-state index contributed by atoms with van der Waals surface area (Å²) in [6, 6.07) is 5.26. The van der Waals surface area contributed by atoms with Gasteiger partial charge in [-0.25, -0.2) is 13.8 Å². The second-order valence-corrected chi connectivity index (χ2v) is 8.35. The third-order valence-corrected chi connectivity index (χ3v) is 5.83. The van der Waals surface area contributed by atoms with Crippen LogP contribution in [0.3, 0.4) is 0 Å². The lowest BCUT2D eigenvalue weighted by Crippen LogP contribution is -2.38. The van der Waals surface area contributed by atoms with Crippen molar-refractivity contribution in [2.24, 2.45) is 0 Å². The van der Waals surface area contributed by atoms with Crippen LogP contribution in [0.25, 0.3) is 0 Å². The largest absolute Gasteiger partial charge is 0.492 e. The molecule has 0 radical (unpaired) electrons. The summed E-state index contributed by atoms with van der Waals surface area (Å²) in [6.45, 7) is 2.35. The topological polar surface area (TPSA) is 73.8 Å². The van der Waals surface area contributed by atoms with Crippen molar-refractivity contribution in [1.29, 1.82) is 0 Å². The molecule has 186 valence electrons. The number of aliphatic hydroxyl groups is 1. The number of benzene rings is 1. The summed E-state index contributed by atoms with van der Waals surface area (Å²) in [7, 11) is 0. The zero-order valence-corrected chi connectivity index (χ0v) is 18.5. The third-order valence-electron chi connectivity index (χ3n) is 5.83. The molecular formula is C22H26F5N5O2. The van der Waals surface area contributed by atoms with Crippen molar-refractivity contribution < 1.29 is 31.8 Å². The van der Waals surface area contributed by atoms with Gasteiger partial charge in [-0.05, 0) is 31.9 Å². The number of aliphatic hydroxyl groups excluding tert-OH is 1. The molecule has 4 rings (SSSR count). The Kier molecular flexibility index (Phi) is 6.96. The summed E-state index contributed by atoms with van der Waals surface area (Å²) in [5, 5.41) is 12.8. The Morgan fingerprint density at radius 3 is 2.53 bits per heavy atom. The number of nitrogens with zero attached hydrogens (tertiary/aromatic N) is 4. The van der Waals surface area contributed by atoms with E-state index < -0.39 is 49.1 Å². The second kappa shape index (κ2) is 9.77. The van der Waals surface area contributed by atoms with Crippen molar-refractivity contribution in [3.8, 4) is 5.75 Å². The predicted octanol–water partition coefficient (Wildman–Crippen LogP) is 4.10. The highest BCUT2D eigenvalue weighted by Gasteiger charge is 2.41. The van der Waals surface area contributed by atoms with E-state index in [2.05, 4.69) is 15.3 Å². The molecule has 34 heavy (non-hydrogen) atoms. The SMILES string of the molecule is CCOc1cc(N2CCCC(O)C2)ccc1Nc1ncc(C(F)(F)F)c(N2C[C@H](F)[C@@H](F)C2)n1. The van der Waals surface area contributed by atoms with E-state index in [4.69, 9.17) is 4.74 Å². The summed E-state index contributed by atoms with van der Waals surface area (Å²) in [5.41, 5.74) is 0.0900. The van der Waals surface area contributed by atoms with Crippen molar-refractivity contribution in [1.82, 2.24) is 9.97 Å². The lowest BCUT2D eigenvalue weighted by atomic mass is 10.1. The average molecular weight is 487 g/mol. The summed E-state index contributed by atoms with van der Waals surface area (Å²) in [5.74, 6) is -0.313. The van der Waals surface area contributed by atoms with Crippen LogP contribution >= 0.6 is 0 Å². The van der Waals surface area contributed by atoms with Gasteiger partial charge in [0.2, 0.25) is 5.95 Å². The number of hydrogen-bond acceptors (Lipinski definition) is 7. The Morgan fingerprint density at radius 2 is 1.88 bits per heavy atom. The standard InChI is InChI=1S/C22H26F5N5O2/c1-2-34-19-8-13(31-7-3-4-14(33)10-31)5-6-18(19)29-21-28-9-15(22(25,26)27)20(30-21)32-11-16(23)17(24)12-32/h5-6,8-9,14,16-17,33H,2-4,7,10-12H2,1H3,(H,28,29,30)/t14?,16-,17-/m0/s1. The molecule has 7 nitrogen and oxygen atoms in total. The normalized spacial score (nSPS) is 23.3. The number of rotatable bonds is 6. The molecule has 2 aromatic rings. The fraction of sp³-hybridized carbons (Fsp3) is 0.545. The average Bonchev–Trinajstić information content (AvgIpc) is 3.12. The fourth-order valence-electron chi connectivity index (χ4n) is 4.17. The Balaban J connectivity index is 1.63. The molecule has 12 heteroatoms. The molecule has 1 aromatic carbocycles. The summed E-state index contributed by atoms with van der Waals surface area (Å²) in [6.07, 6.45) is -6.79. The summed E-state index contributed by atoms with van der Waals surface area (Å²) >= 11 is 0. The van der Waals surface area contributed by atoms with E-state index in [9.17, 15) is 27.1 Å². The minimum atomic E-state index is -4.79. The first-order chi connectivity index (χ1) is 16.2. The Hall–Kier alpha value is -2.89. The third kappa shape index (κ3) is 5.26. The molecule has 0 amide bonds. The number of ether oxygens (including phenoxy) is 1. The molecule has 0 saturated carbocycles. The lowest BCUT2D eigenvalue weighted by molar-refractivity contribution is -0.137. The van der Waals surface area contributed by atoms with E-state index in [0.29, 0.717) is 30.8 Å². The molecule has 2 fully saturated rings. The van der Waals surface area contributed by atoms with Crippen molar-refractivity contribution in [2.45, 2.75) is 44.4 Å². The summed E-state index contributed by atoms with van der Waals surface area (Å²) < 4.78 is 73.6. The maximum atomic E-state index is 13.7. The lowest BCUT2D eigenvalue weighted by Gasteiger charge is -2.32. The Morgan fingerprint density at radius 1 is 1.15 bits per heavy atom. The number of aromatic nitrogens is 2. The first-order valence-electron chi connectivity index (χ1n) is 11.1. The highest BCUT2D eigenvalue weighted by Crippen LogP contribution is 2.38. The van der Waals surface area contributed by atoms with Crippen LogP contribution in [-0.4, -0.2) is 66.3 Å². The number of piperidine rings is 1. The second-order valence-electron chi connectivity index (χ2n) is 8.35. The van der Waals surface area contributed by atoms with E-state index in [1.807, 2.05) is 4.90 Å². The van der Waals surface area contributed by atoms with E-state index in [-0.39, 0.29) is 5.95 Å². The van der Waals surface area contributed by atoms with Gasteiger partial charge in [-0.3, -0.25) is 0 Å². The van der Waals surface area contributed by atoms with Gasteiger partial charge < -0.3 is 25.0 Å².